The van der Waals surface area contributed by atoms with Crippen LogP contribution in [0.2, 0.25) is 0 Å². The molecule has 20 heavy (non-hydrogen) atoms. The highest BCUT2D eigenvalue weighted by Crippen LogP contribution is 2.36. The van der Waals surface area contributed by atoms with Gasteiger partial charge in [-0.25, -0.2) is 0 Å². The smallest absolute Gasteiger partial charge is 0.170 e. The summed E-state index contributed by atoms with van der Waals surface area (Å²) in [5.41, 5.74) is 4.11. The number of aryl methyl sites for hydroxylation is 1. The predicted octanol–water partition coefficient (Wildman–Crippen LogP) is 4.05. The van der Waals surface area contributed by atoms with Crippen molar-refractivity contribution in [2.45, 2.75) is 26.2 Å². The molecule has 1 aliphatic rings. The summed E-state index contributed by atoms with van der Waals surface area (Å²) in [6.07, 6.45) is 0.753. The average Bonchev–Trinajstić information content (AvgIpc) is 2.49. The van der Waals surface area contributed by atoms with Crippen LogP contribution in [0, 0.1) is 13.8 Å². The van der Waals surface area contributed by atoms with E-state index in [2.05, 4.69) is 0 Å². The summed E-state index contributed by atoms with van der Waals surface area (Å²) in [6.45, 7) is 4.68. The molecule has 1 unspecified atom stereocenters. The molecule has 0 bridgehead atoms. The Hall–Kier alpha value is -2.09. The molecule has 0 aliphatic carbocycles. The number of carbonyl (C=O) groups is 1. The van der Waals surface area contributed by atoms with Crippen molar-refractivity contribution in [3.05, 3.63) is 64.7 Å². The van der Waals surface area contributed by atoms with Crippen LogP contribution in [0.15, 0.2) is 42.5 Å². The Morgan fingerprint density at radius 2 is 1.90 bits per heavy atom. The van der Waals surface area contributed by atoms with E-state index < -0.39 is 0 Å². The summed E-state index contributed by atoms with van der Waals surface area (Å²) >= 11 is 0. The Labute approximate surface area is 119 Å². The molecule has 2 aromatic carbocycles. The first-order chi connectivity index (χ1) is 9.68. The van der Waals surface area contributed by atoms with Crippen molar-refractivity contribution >= 4 is 5.78 Å². The number of para-hydroxylation sites is 1. The molecule has 0 amide bonds. The van der Waals surface area contributed by atoms with Crippen LogP contribution in [-0.2, 0) is 0 Å². The molecular weight excluding hydrogens is 248 g/mol. The van der Waals surface area contributed by atoms with Crippen LogP contribution in [0.3, 0.4) is 0 Å². The molecule has 0 saturated carbocycles. The minimum absolute atomic E-state index is 0.0829. The van der Waals surface area contributed by atoms with Crippen LogP contribution < -0.4 is 4.74 Å². The summed E-state index contributed by atoms with van der Waals surface area (Å²) in [7, 11) is 0. The van der Waals surface area contributed by atoms with Gasteiger partial charge >= 0.3 is 0 Å². The molecule has 0 saturated heterocycles. The quantitative estimate of drug-likeness (QED) is 0.766. The molecule has 1 heterocycles. The first-order valence-corrected chi connectivity index (χ1v) is 7.00. The van der Waals surface area contributed by atoms with Crippen molar-refractivity contribution in [1.29, 1.82) is 0 Å². The van der Waals surface area contributed by atoms with Crippen LogP contribution in [0.5, 0.6) is 5.75 Å². The fourth-order valence-corrected chi connectivity index (χ4v) is 2.82. The molecule has 1 aliphatic heterocycles. The Morgan fingerprint density at radius 1 is 1.10 bits per heavy atom. The molecule has 1 atom stereocenters. The van der Waals surface area contributed by atoms with Crippen LogP contribution in [0.4, 0.5) is 0 Å². The highest BCUT2D eigenvalue weighted by atomic mass is 16.5. The van der Waals surface area contributed by atoms with Crippen molar-refractivity contribution in [2.24, 2.45) is 0 Å². The lowest BCUT2D eigenvalue weighted by molar-refractivity contribution is 0.0932. The second kappa shape index (κ2) is 5.12. The molecule has 0 spiro atoms. The van der Waals surface area contributed by atoms with Crippen LogP contribution in [0.1, 0.15) is 39.4 Å². The van der Waals surface area contributed by atoms with Crippen molar-refractivity contribution in [3.8, 4) is 5.75 Å². The summed E-state index contributed by atoms with van der Waals surface area (Å²) in [4.78, 5) is 12.9. The Morgan fingerprint density at radius 3 is 2.75 bits per heavy atom. The Kier molecular flexibility index (Phi) is 3.31. The van der Waals surface area contributed by atoms with Gasteiger partial charge in [0.25, 0.3) is 0 Å². The van der Waals surface area contributed by atoms with Gasteiger partial charge in [0.1, 0.15) is 5.75 Å². The lowest BCUT2D eigenvalue weighted by atomic mass is 9.84. The zero-order chi connectivity index (χ0) is 14.1. The van der Waals surface area contributed by atoms with E-state index in [9.17, 15) is 4.79 Å². The first kappa shape index (κ1) is 12.9. The number of fused-ring (bicyclic) bond motifs is 1. The van der Waals surface area contributed by atoms with Crippen LogP contribution in [-0.4, -0.2) is 12.4 Å². The largest absolute Gasteiger partial charge is 0.493 e. The summed E-state index contributed by atoms with van der Waals surface area (Å²) in [5.74, 6) is 0.977. The van der Waals surface area contributed by atoms with E-state index in [4.69, 9.17) is 4.74 Å². The minimum Gasteiger partial charge on any atom is -0.493 e. The number of benzene rings is 2. The van der Waals surface area contributed by atoms with Gasteiger partial charge < -0.3 is 4.74 Å². The molecular formula is C18H18O2. The van der Waals surface area contributed by atoms with Gasteiger partial charge in [-0.05, 0) is 37.5 Å². The lowest BCUT2D eigenvalue weighted by Gasteiger charge is -2.25. The van der Waals surface area contributed by atoms with E-state index in [-0.39, 0.29) is 11.7 Å². The summed E-state index contributed by atoms with van der Waals surface area (Å²) < 4.78 is 5.64. The number of ether oxygens (including phenoxy) is 1. The van der Waals surface area contributed by atoms with Crippen LogP contribution in [0.25, 0.3) is 0 Å². The van der Waals surface area contributed by atoms with E-state index in [0.717, 1.165) is 34.4 Å². The number of hydrogen-bond acceptors (Lipinski definition) is 2. The topological polar surface area (TPSA) is 26.3 Å². The number of ketones is 1. The molecule has 2 aromatic rings. The van der Waals surface area contributed by atoms with E-state index in [1.165, 1.54) is 0 Å². The fraction of sp³-hybridized carbons (Fsp3) is 0.278. The first-order valence-electron chi connectivity index (χ1n) is 7.00. The minimum atomic E-state index is -0.0829. The van der Waals surface area contributed by atoms with E-state index in [0.29, 0.717) is 6.61 Å². The summed E-state index contributed by atoms with van der Waals surface area (Å²) in [5, 5.41) is 0. The van der Waals surface area contributed by atoms with Gasteiger partial charge in [-0.2, -0.15) is 0 Å². The fourth-order valence-electron chi connectivity index (χ4n) is 2.82. The van der Waals surface area contributed by atoms with Gasteiger partial charge in [-0.15, -0.1) is 0 Å². The van der Waals surface area contributed by atoms with E-state index >= 15 is 0 Å². The molecule has 0 radical (unpaired) electrons. The predicted molar refractivity (Wildman–Crippen MR) is 79.5 cm³/mol. The van der Waals surface area contributed by atoms with Crippen molar-refractivity contribution in [1.82, 2.24) is 0 Å². The van der Waals surface area contributed by atoms with Gasteiger partial charge in [0.15, 0.2) is 5.78 Å². The van der Waals surface area contributed by atoms with Gasteiger partial charge in [0.05, 0.1) is 12.5 Å². The highest BCUT2D eigenvalue weighted by Gasteiger charge is 2.28. The molecule has 0 fully saturated rings. The normalized spacial score (nSPS) is 17.2. The third-order valence-electron chi connectivity index (χ3n) is 4.15. The van der Waals surface area contributed by atoms with Gasteiger partial charge in [0.2, 0.25) is 0 Å². The summed E-state index contributed by atoms with van der Waals surface area (Å²) in [6, 6.07) is 13.8. The third kappa shape index (κ3) is 2.11. The number of hydrogen-bond donors (Lipinski definition) is 0. The molecule has 0 aromatic heterocycles. The number of rotatable bonds is 2. The van der Waals surface area contributed by atoms with Gasteiger partial charge in [-0.1, -0.05) is 36.4 Å². The maximum atomic E-state index is 12.9. The maximum Gasteiger partial charge on any atom is 0.170 e. The third-order valence-corrected chi connectivity index (χ3v) is 4.15. The zero-order valence-corrected chi connectivity index (χ0v) is 11.8. The zero-order valence-electron chi connectivity index (χ0n) is 11.8. The van der Waals surface area contributed by atoms with Crippen LogP contribution >= 0.6 is 0 Å². The highest BCUT2D eigenvalue weighted by molar-refractivity contribution is 6.02. The second-order valence-electron chi connectivity index (χ2n) is 5.34. The average molecular weight is 266 g/mol. The lowest BCUT2D eigenvalue weighted by Crippen LogP contribution is -2.22. The maximum absolute atomic E-state index is 12.9. The molecule has 3 rings (SSSR count). The van der Waals surface area contributed by atoms with Crippen molar-refractivity contribution in [2.75, 3.05) is 6.61 Å². The number of carbonyl (C=O) groups excluding carboxylic acids is 1. The molecule has 102 valence electrons. The standard InChI is InChI=1S/C18H18O2/c1-12-6-5-8-14(13(12)2)18(19)16-10-11-20-17-9-4-3-7-15(16)17/h3-9,16H,10-11H2,1-2H3. The van der Waals surface area contributed by atoms with Crippen molar-refractivity contribution in [3.63, 3.8) is 0 Å². The van der Waals surface area contributed by atoms with Gasteiger partial charge in [-0.3, -0.25) is 4.79 Å². The number of Topliss-reactive ketones (excluding diaryl/α,β-unsaturated/α-hetero) is 1. The second-order valence-corrected chi connectivity index (χ2v) is 5.34. The van der Waals surface area contributed by atoms with E-state index in [1.54, 1.807) is 0 Å². The van der Waals surface area contributed by atoms with Gasteiger partial charge in [0, 0.05) is 11.1 Å². The Balaban J connectivity index is 2.02. The monoisotopic (exact) mass is 266 g/mol. The molecule has 0 N–H and O–H groups in total. The Bertz CT molecular complexity index is 658. The SMILES string of the molecule is Cc1cccc(C(=O)C2CCOc3ccccc32)c1C. The molecule has 2 nitrogen and oxygen atoms in total. The van der Waals surface area contributed by atoms with Crippen molar-refractivity contribution < 1.29 is 9.53 Å². The molecule has 2 heteroatoms. The van der Waals surface area contributed by atoms with E-state index in [1.807, 2.05) is 56.3 Å².